The molecular weight excluding hydrogens is 1090 g/mol. The average molecular weight is 1220 g/mol. The van der Waals surface area contributed by atoms with Crippen LogP contribution in [0.25, 0.3) is 45.0 Å². The fraction of sp³-hybridized carbons (Fsp3) is 0.488. The molecule has 4 nitrogen and oxygen atoms in total. The third kappa shape index (κ3) is 17.3. The summed E-state index contributed by atoms with van der Waals surface area (Å²) >= 11 is 0. The van der Waals surface area contributed by atoms with Crippen molar-refractivity contribution < 1.29 is 26.5 Å². The van der Waals surface area contributed by atoms with Gasteiger partial charge in [-0.1, -0.05) is 196 Å². The minimum atomic E-state index is -2.07. The van der Waals surface area contributed by atoms with E-state index < -0.39 is 13.7 Å². The first-order chi connectivity index (χ1) is 44.0. The first-order valence-electron chi connectivity index (χ1n) is 36.5. The van der Waals surface area contributed by atoms with Gasteiger partial charge in [-0.3, -0.25) is 0 Å². The Balaban J connectivity index is 0.000000232. The fourth-order valence-corrected chi connectivity index (χ4v) is 12.4. The molecule has 0 aliphatic heterocycles. The van der Waals surface area contributed by atoms with Gasteiger partial charge in [0.1, 0.15) is 28.2 Å². The van der Waals surface area contributed by atoms with Crippen LogP contribution in [0.5, 0.6) is 0 Å². The molecule has 0 bridgehead atoms. The van der Waals surface area contributed by atoms with Crippen LogP contribution in [-0.4, -0.2) is 0 Å². The third-order valence-electron chi connectivity index (χ3n) is 20.5. The summed E-state index contributed by atoms with van der Waals surface area (Å²) in [5.74, 6) is 0. The monoisotopic (exact) mass is 1220 g/mol. The largest absolute Gasteiger partial charge is 0.212 e. The van der Waals surface area contributed by atoms with Crippen molar-refractivity contribution in [1.82, 2.24) is 0 Å². The standard InChI is InChI=1S/2C23H34N.2C20H28N/c1-10-23(7,8)19-14-21(18-12-11-16(2)13-17(18)3)24(9)15-20(19)22(4,5)6;1-9-22(4,5)19-15-21(18-14-12-11-13-17(18)3)24(8)16-20(19)23(6,7)10-2;2*1-8-20(5,6)18-13-21(7)19(12-16(18)4)17-10-9-14(2)11-15(17)3/h11-15H,10H2,1-9H3;11-16H,9-10H2,1-8H3;2*9-13H,8H2,1-7H3/q4*+1/i2D3;;2D3;. The van der Waals surface area contributed by atoms with Gasteiger partial charge in [0.15, 0.2) is 24.8 Å². The highest BCUT2D eigenvalue weighted by molar-refractivity contribution is 5.66. The Bertz CT molecular complexity index is 4030. The quantitative estimate of drug-likeness (QED) is 0.0965. The van der Waals surface area contributed by atoms with Gasteiger partial charge in [-0.2, -0.15) is 0 Å². The van der Waals surface area contributed by atoms with Crippen molar-refractivity contribution in [1.29, 1.82) is 0 Å². The van der Waals surface area contributed by atoms with Crippen molar-refractivity contribution in [3.8, 4) is 45.0 Å². The van der Waals surface area contributed by atoms with Crippen molar-refractivity contribution in [3.63, 3.8) is 0 Å². The van der Waals surface area contributed by atoms with E-state index in [0.29, 0.717) is 11.1 Å². The Hall–Kier alpha value is -6.52. The number of hydrogen-bond acceptors (Lipinski definition) is 0. The molecule has 0 atom stereocenters. The van der Waals surface area contributed by atoms with Gasteiger partial charge in [0.05, 0.1) is 0 Å². The lowest BCUT2D eigenvalue weighted by molar-refractivity contribution is -0.661. The lowest BCUT2D eigenvalue weighted by Gasteiger charge is -2.32. The number of rotatable bonds is 14. The zero-order chi connectivity index (χ0) is 73.0. The maximum atomic E-state index is 7.65. The molecule has 0 radical (unpaired) electrons. The van der Waals surface area contributed by atoms with Crippen LogP contribution in [-0.2, 0) is 60.7 Å². The van der Waals surface area contributed by atoms with E-state index in [1.54, 1.807) is 24.3 Å². The summed E-state index contributed by atoms with van der Waals surface area (Å²) in [6.07, 6.45) is 14.7. The highest BCUT2D eigenvalue weighted by Gasteiger charge is 2.35. The smallest absolute Gasteiger partial charge is 0.201 e. The van der Waals surface area contributed by atoms with Gasteiger partial charge in [-0.15, -0.1) is 0 Å². The molecule has 0 spiro atoms. The van der Waals surface area contributed by atoms with Crippen LogP contribution in [0.4, 0.5) is 0 Å². The summed E-state index contributed by atoms with van der Waals surface area (Å²) in [6, 6.07) is 35.6. The van der Waals surface area contributed by atoms with E-state index in [1.165, 1.54) is 83.7 Å². The molecule has 0 fully saturated rings. The number of aromatic nitrogens is 4. The highest BCUT2D eigenvalue weighted by atomic mass is 14.9. The topological polar surface area (TPSA) is 15.5 Å². The highest BCUT2D eigenvalue weighted by Crippen LogP contribution is 2.41. The summed E-state index contributed by atoms with van der Waals surface area (Å²) in [6.45, 7) is 52.1. The lowest BCUT2D eigenvalue weighted by Crippen LogP contribution is -2.37. The van der Waals surface area contributed by atoms with Crippen LogP contribution in [0.2, 0.25) is 0 Å². The number of nitrogens with zero attached hydrogens (tertiary/aromatic N) is 4. The molecule has 0 saturated carbocycles. The Morgan fingerprint density at radius 3 is 0.900 bits per heavy atom. The van der Waals surface area contributed by atoms with Gasteiger partial charge in [0.25, 0.3) is 0 Å². The molecule has 484 valence electrons. The van der Waals surface area contributed by atoms with Gasteiger partial charge in [-0.25, -0.2) is 18.3 Å². The second kappa shape index (κ2) is 29.4. The molecule has 0 aliphatic carbocycles. The fourth-order valence-electron chi connectivity index (χ4n) is 12.4. The van der Waals surface area contributed by atoms with Crippen LogP contribution in [0.3, 0.4) is 0 Å². The predicted octanol–water partition coefficient (Wildman–Crippen LogP) is 21.2. The summed E-state index contributed by atoms with van der Waals surface area (Å²) in [5.41, 5.74) is 28.4. The van der Waals surface area contributed by atoms with Crippen LogP contribution in [0.15, 0.2) is 128 Å². The third-order valence-corrected chi connectivity index (χ3v) is 20.5. The van der Waals surface area contributed by atoms with Crippen LogP contribution in [0.1, 0.15) is 248 Å². The van der Waals surface area contributed by atoms with E-state index in [1.807, 2.05) is 26.0 Å². The zero-order valence-corrected chi connectivity index (χ0v) is 61.9. The van der Waals surface area contributed by atoms with Crippen molar-refractivity contribution in [2.24, 2.45) is 28.2 Å². The molecule has 0 unspecified atom stereocenters. The summed E-state index contributed by atoms with van der Waals surface area (Å²) in [7, 11) is 8.47. The molecule has 0 saturated heterocycles. The number of hydrogen-bond donors (Lipinski definition) is 0. The normalized spacial score (nSPS) is 13.4. The minimum Gasteiger partial charge on any atom is -0.201 e. The van der Waals surface area contributed by atoms with Crippen LogP contribution < -0.4 is 18.3 Å². The molecular formula is C86H124N4+4. The summed E-state index contributed by atoms with van der Waals surface area (Å²) in [5, 5.41) is 0. The molecule has 0 N–H and O–H groups in total. The molecule has 4 aromatic heterocycles. The van der Waals surface area contributed by atoms with Crippen molar-refractivity contribution in [2.75, 3.05) is 0 Å². The molecule has 4 heteroatoms. The van der Waals surface area contributed by atoms with Gasteiger partial charge in [0, 0.05) is 77.0 Å². The molecule has 8 aromatic rings. The molecule has 0 amide bonds. The Labute approximate surface area is 559 Å². The summed E-state index contributed by atoms with van der Waals surface area (Å²) < 4.78 is 54.6. The molecule has 0 aliphatic rings. The Kier molecular flexibility index (Phi) is 21.2. The SMILES string of the molecule is CCC(C)(C)c1c[n+](C)c(-c2ccc(C)cc2C)cc1C.CCC(C)(C)c1cc(-c2ccccc2C)[n+](C)cc1C(C)(C)CC.[2H]C([2H])([2H])c1ccc(-c2cc(C(C)(C)CC)c(C(C)(C)C)c[n+]2C)c(C)c1.[2H]C([2H])([2H])c1ccc(-c2cc(C)c(C(C)(C)CC)c[n+]2C)c(C)c1. The minimum absolute atomic E-state index is 0.0538. The maximum Gasteiger partial charge on any atom is 0.212 e. The molecule has 90 heavy (non-hydrogen) atoms. The average Bonchev–Trinajstić information content (AvgIpc) is 0.779. The van der Waals surface area contributed by atoms with Gasteiger partial charge in [0.2, 0.25) is 22.8 Å². The van der Waals surface area contributed by atoms with Crippen molar-refractivity contribution in [2.45, 2.75) is 251 Å². The number of pyridine rings is 4. The van der Waals surface area contributed by atoms with Crippen LogP contribution >= 0.6 is 0 Å². The van der Waals surface area contributed by atoms with E-state index >= 15 is 0 Å². The van der Waals surface area contributed by atoms with Crippen molar-refractivity contribution >= 4 is 0 Å². The van der Waals surface area contributed by atoms with E-state index in [2.05, 4.69) is 297 Å². The second-order valence-corrected chi connectivity index (χ2v) is 30.6. The molecule has 4 heterocycles. The first-order valence-corrected chi connectivity index (χ1v) is 33.5. The Morgan fingerprint density at radius 2 is 0.567 bits per heavy atom. The molecule has 8 rings (SSSR count). The van der Waals surface area contributed by atoms with Gasteiger partial charge < -0.3 is 0 Å². The van der Waals surface area contributed by atoms with E-state index in [4.69, 9.17) is 8.22 Å². The van der Waals surface area contributed by atoms with Gasteiger partial charge >= 0.3 is 0 Å². The number of aryl methyl sites for hydroxylation is 13. The zero-order valence-electron chi connectivity index (χ0n) is 67.9. The lowest BCUT2D eigenvalue weighted by atomic mass is 9.71. The summed E-state index contributed by atoms with van der Waals surface area (Å²) in [4.78, 5) is 0. The van der Waals surface area contributed by atoms with E-state index in [-0.39, 0.29) is 32.5 Å². The molecule has 4 aromatic carbocycles. The number of benzene rings is 4. The Morgan fingerprint density at radius 1 is 0.289 bits per heavy atom. The van der Waals surface area contributed by atoms with Crippen LogP contribution in [0, 0.1) is 62.2 Å². The predicted molar refractivity (Wildman–Crippen MR) is 390 cm³/mol. The van der Waals surface area contributed by atoms with E-state index in [0.717, 1.165) is 65.7 Å². The first kappa shape index (κ1) is 65.0. The van der Waals surface area contributed by atoms with Crippen molar-refractivity contribution in [3.05, 3.63) is 211 Å². The maximum absolute atomic E-state index is 7.65. The van der Waals surface area contributed by atoms with E-state index in [9.17, 15) is 0 Å². The second-order valence-electron chi connectivity index (χ2n) is 30.6. The van der Waals surface area contributed by atoms with Gasteiger partial charge in [-0.05, 0) is 196 Å².